The fourth-order valence-corrected chi connectivity index (χ4v) is 2.62. The molecule has 142 valence electrons. The lowest BCUT2D eigenvalue weighted by atomic mass is 10.0. The first-order chi connectivity index (χ1) is 11.6. The van der Waals surface area contributed by atoms with Crippen LogP contribution in [0.25, 0.3) is 0 Å². The molecule has 1 aliphatic rings. The topological polar surface area (TPSA) is 64.1 Å². The molecule has 0 aromatic heterocycles. The number of hydrogen-bond donors (Lipinski definition) is 2. The monoisotopic (exact) mass is 463 g/mol. The van der Waals surface area contributed by atoms with Crippen LogP contribution in [0.2, 0.25) is 0 Å². The quantitative estimate of drug-likeness (QED) is 0.269. The van der Waals surface area contributed by atoms with Crippen LogP contribution in [0.4, 0.5) is 0 Å². The molecule has 1 aliphatic heterocycles. The van der Waals surface area contributed by atoms with Crippen LogP contribution < -0.4 is 20.1 Å². The van der Waals surface area contributed by atoms with Gasteiger partial charge in [-0.3, -0.25) is 4.99 Å². The highest BCUT2D eigenvalue weighted by molar-refractivity contribution is 14.0. The molecule has 0 aliphatic carbocycles. The van der Waals surface area contributed by atoms with Gasteiger partial charge in [-0.15, -0.1) is 24.0 Å². The van der Waals surface area contributed by atoms with E-state index in [1.807, 2.05) is 19.1 Å². The Hall–Kier alpha value is -1.22. The fraction of sp³-hybridized carbons (Fsp3) is 0.611. The number of methoxy groups -OCH3 is 1. The van der Waals surface area contributed by atoms with E-state index in [1.165, 1.54) is 5.56 Å². The molecule has 0 radical (unpaired) electrons. The molecular formula is C18H30IN3O3. The van der Waals surface area contributed by atoms with Gasteiger partial charge in [-0.25, -0.2) is 0 Å². The number of hydrogen-bond acceptors (Lipinski definition) is 4. The Kier molecular flexibility index (Phi) is 9.34. The van der Waals surface area contributed by atoms with Crippen molar-refractivity contribution in [2.45, 2.75) is 32.8 Å². The normalized spacial score (nSPS) is 15.0. The summed E-state index contributed by atoms with van der Waals surface area (Å²) in [6, 6.07) is 6.07. The van der Waals surface area contributed by atoms with Gasteiger partial charge in [-0.2, -0.15) is 0 Å². The van der Waals surface area contributed by atoms with Crippen molar-refractivity contribution < 1.29 is 14.2 Å². The van der Waals surface area contributed by atoms with Crippen molar-refractivity contribution >= 4 is 29.9 Å². The molecule has 1 aromatic carbocycles. The van der Waals surface area contributed by atoms with Crippen LogP contribution in [0, 0.1) is 0 Å². The minimum atomic E-state index is -0.160. The Morgan fingerprint density at radius 3 is 2.80 bits per heavy atom. The molecule has 25 heavy (non-hydrogen) atoms. The average molecular weight is 463 g/mol. The summed E-state index contributed by atoms with van der Waals surface area (Å²) in [5.74, 6) is 2.46. The number of nitrogens with one attached hydrogen (secondary N) is 2. The molecule has 2 rings (SSSR count). The van der Waals surface area contributed by atoms with Crippen molar-refractivity contribution in [3.63, 3.8) is 0 Å². The zero-order chi connectivity index (χ0) is 17.4. The molecule has 0 unspecified atom stereocenters. The number of aliphatic imine (C=N–C) groups is 1. The van der Waals surface area contributed by atoms with Crippen LogP contribution >= 0.6 is 24.0 Å². The van der Waals surface area contributed by atoms with Crippen molar-refractivity contribution in [1.29, 1.82) is 0 Å². The molecule has 1 aromatic rings. The molecule has 1 heterocycles. The lowest BCUT2D eigenvalue weighted by Gasteiger charge is -2.18. The molecule has 0 atom stereocenters. The Labute approximate surface area is 167 Å². The first-order valence-electron chi connectivity index (χ1n) is 8.50. The molecule has 0 spiro atoms. The molecule has 0 saturated carbocycles. The SMILES string of the molecule is CCNC(=NCCOC)NCCOc1cccc2c1OC(C)(C)C2.I. The summed E-state index contributed by atoms with van der Waals surface area (Å²) in [5, 5.41) is 6.45. The Bertz CT molecular complexity index is 564. The molecular weight excluding hydrogens is 433 g/mol. The van der Waals surface area contributed by atoms with Crippen LogP contribution in [0.1, 0.15) is 26.3 Å². The highest BCUT2D eigenvalue weighted by atomic mass is 127. The van der Waals surface area contributed by atoms with Gasteiger partial charge < -0.3 is 24.8 Å². The van der Waals surface area contributed by atoms with Crippen molar-refractivity contribution in [3.05, 3.63) is 23.8 Å². The second-order valence-electron chi connectivity index (χ2n) is 6.31. The van der Waals surface area contributed by atoms with E-state index in [0.717, 1.165) is 30.4 Å². The van der Waals surface area contributed by atoms with E-state index < -0.39 is 0 Å². The first-order valence-corrected chi connectivity index (χ1v) is 8.50. The third kappa shape index (κ3) is 6.89. The van der Waals surface area contributed by atoms with E-state index in [0.29, 0.717) is 26.3 Å². The minimum Gasteiger partial charge on any atom is -0.488 e. The number of ether oxygens (including phenoxy) is 3. The first kappa shape index (κ1) is 21.8. The number of fused-ring (bicyclic) bond motifs is 1. The number of nitrogens with zero attached hydrogens (tertiary/aromatic N) is 1. The predicted octanol–water partition coefficient (Wildman–Crippen LogP) is 2.60. The summed E-state index contributed by atoms with van der Waals surface area (Å²) >= 11 is 0. The molecule has 2 N–H and O–H groups in total. The second-order valence-corrected chi connectivity index (χ2v) is 6.31. The van der Waals surface area contributed by atoms with Crippen LogP contribution in [-0.4, -0.2) is 51.5 Å². The number of para-hydroxylation sites is 1. The van der Waals surface area contributed by atoms with Crippen molar-refractivity contribution in [2.75, 3.05) is 40.0 Å². The summed E-state index contributed by atoms with van der Waals surface area (Å²) < 4.78 is 16.9. The number of guanidine groups is 1. The third-order valence-electron chi connectivity index (χ3n) is 3.62. The second kappa shape index (κ2) is 10.7. The van der Waals surface area contributed by atoms with Crippen LogP contribution in [0.15, 0.2) is 23.2 Å². The third-order valence-corrected chi connectivity index (χ3v) is 3.62. The molecule has 0 fully saturated rings. The minimum absolute atomic E-state index is 0. The zero-order valence-corrected chi connectivity index (χ0v) is 17.9. The largest absolute Gasteiger partial charge is 0.488 e. The number of halogens is 1. The van der Waals surface area contributed by atoms with E-state index in [4.69, 9.17) is 14.2 Å². The van der Waals surface area contributed by atoms with Gasteiger partial charge in [0.15, 0.2) is 17.5 Å². The van der Waals surface area contributed by atoms with Gasteiger partial charge in [-0.05, 0) is 26.8 Å². The smallest absolute Gasteiger partial charge is 0.191 e. The van der Waals surface area contributed by atoms with Gasteiger partial charge in [0.2, 0.25) is 0 Å². The molecule has 6 nitrogen and oxygen atoms in total. The predicted molar refractivity (Wildman–Crippen MR) is 112 cm³/mol. The lowest BCUT2D eigenvalue weighted by molar-refractivity contribution is 0.132. The maximum absolute atomic E-state index is 6.01. The van der Waals surface area contributed by atoms with E-state index in [1.54, 1.807) is 7.11 Å². The maximum Gasteiger partial charge on any atom is 0.191 e. The van der Waals surface area contributed by atoms with Gasteiger partial charge in [0.05, 0.1) is 19.7 Å². The highest BCUT2D eigenvalue weighted by Gasteiger charge is 2.32. The van der Waals surface area contributed by atoms with Gasteiger partial charge in [-0.1, -0.05) is 12.1 Å². The van der Waals surface area contributed by atoms with E-state index in [2.05, 4.69) is 35.5 Å². The van der Waals surface area contributed by atoms with E-state index >= 15 is 0 Å². The Morgan fingerprint density at radius 1 is 1.28 bits per heavy atom. The molecule has 0 bridgehead atoms. The van der Waals surface area contributed by atoms with Gasteiger partial charge in [0, 0.05) is 25.6 Å². The standard InChI is InChI=1S/C18H29N3O3.HI/c1-5-19-17(20-9-11-22-4)21-10-12-23-15-8-6-7-14-13-18(2,3)24-16(14)15;/h6-8H,5,9-13H2,1-4H3,(H2,19,20,21);1H. The maximum atomic E-state index is 6.01. The number of benzene rings is 1. The summed E-state index contributed by atoms with van der Waals surface area (Å²) in [6.07, 6.45) is 0.911. The number of rotatable bonds is 8. The van der Waals surface area contributed by atoms with Crippen LogP contribution in [-0.2, 0) is 11.2 Å². The van der Waals surface area contributed by atoms with E-state index in [9.17, 15) is 0 Å². The summed E-state index contributed by atoms with van der Waals surface area (Å²) in [4.78, 5) is 4.41. The van der Waals surface area contributed by atoms with Crippen molar-refractivity contribution in [3.8, 4) is 11.5 Å². The van der Waals surface area contributed by atoms with E-state index in [-0.39, 0.29) is 29.6 Å². The van der Waals surface area contributed by atoms with Crippen LogP contribution in [0.3, 0.4) is 0 Å². The summed E-state index contributed by atoms with van der Waals surface area (Å²) in [6.45, 7) is 9.47. The van der Waals surface area contributed by atoms with Crippen molar-refractivity contribution in [1.82, 2.24) is 10.6 Å². The van der Waals surface area contributed by atoms with Crippen molar-refractivity contribution in [2.24, 2.45) is 4.99 Å². The highest BCUT2D eigenvalue weighted by Crippen LogP contribution is 2.41. The average Bonchev–Trinajstić information content (AvgIpc) is 2.86. The Balaban J connectivity index is 0.00000312. The van der Waals surface area contributed by atoms with Gasteiger partial charge in [0.25, 0.3) is 0 Å². The molecule has 0 amide bonds. The lowest BCUT2D eigenvalue weighted by Crippen LogP contribution is -2.39. The Morgan fingerprint density at radius 2 is 2.08 bits per heavy atom. The summed E-state index contributed by atoms with van der Waals surface area (Å²) in [5.41, 5.74) is 1.05. The van der Waals surface area contributed by atoms with Gasteiger partial charge in [0.1, 0.15) is 12.2 Å². The van der Waals surface area contributed by atoms with Gasteiger partial charge >= 0.3 is 0 Å². The molecule has 7 heteroatoms. The summed E-state index contributed by atoms with van der Waals surface area (Å²) in [7, 11) is 1.67. The zero-order valence-electron chi connectivity index (χ0n) is 15.6. The fourth-order valence-electron chi connectivity index (χ4n) is 2.62. The van der Waals surface area contributed by atoms with Crippen LogP contribution in [0.5, 0.6) is 11.5 Å². The molecule has 0 saturated heterocycles.